The molecule has 20 heavy (non-hydrogen) atoms. The Morgan fingerprint density at radius 2 is 1.85 bits per heavy atom. The maximum absolute atomic E-state index is 6.13. The minimum absolute atomic E-state index is 0.285. The first-order valence-electron chi connectivity index (χ1n) is 7.11. The summed E-state index contributed by atoms with van der Waals surface area (Å²) in [5, 5.41) is 0.285. The second kappa shape index (κ2) is 7.57. The van der Waals surface area contributed by atoms with Crippen molar-refractivity contribution in [2.75, 3.05) is 13.2 Å². The first-order valence-corrected chi connectivity index (χ1v) is 10.8. The van der Waals surface area contributed by atoms with Gasteiger partial charge in [-0.25, -0.2) is 4.98 Å². The molecule has 1 heterocycles. The molecule has 0 N–H and O–H groups in total. The summed E-state index contributed by atoms with van der Waals surface area (Å²) in [6.07, 6.45) is 3.79. The van der Waals surface area contributed by atoms with E-state index < -0.39 is 8.32 Å². The van der Waals surface area contributed by atoms with Gasteiger partial charge in [-0.2, -0.15) is 0 Å². The van der Waals surface area contributed by atoms with Crippen LogP contribution in [0.3, 0.4) is 0 Å². The van der Waals surface area contributed by atoms with Crippen LogP contribution in [0.4, 0.5) is 0 Å². The Morgan fingerprint density at radius 3 is 2.45 bits per heavy atom. The van der Waals surface area contributed by atoms with E-state index in [0.29, 0.717) is 0 Å². The van der Waals surface area contributed by atoms with Gasteiger partial charge in [-0.15, -0.1) is 0 Å². The van der Waals surface area contributed by atoms with Crippen LogP contribution < -0.4 is 4.74 Å². The van der Waals surface area contributed by atoms with E-state index in [2.05, 4.69) is 54.8 Å². The van der Waals surface area contributed by atoms with Crippen LogP contribution in [0.5, 0.6) is 5.75 Å². The monoisotopic (exact) mass is 359 g/mol. The van der Waals surface area contributed by atoms with Gasteiger partial charge in [0, 0.05) is 18.9 Å². The van der Waals surface area contributed by atoms with Gasteiger partial charge in [0.05, 0.1) is 6.61 Å². The first kappa shape index (κ1) is 17.7. The Hall–Kier alpha value is -0.393. The summed E-state index contributed by atoms with van der Waals surface area (Å²) in [7, 11) is -1.59. The highest BCUT2D eigenvalue weighted by molar-refractivity contribution is 9.10. The summed E-state index contributed by atoms with van der Waals surface area (Å²) in [5.41, 5.74) is 0. The maximum Gasteiger partial charge on any atom is 0.191 e. The molecule has 5 heteroatoms. The van der Waals surface area contributed by atoms with Crippen LogP contribution in [-0.2, 0) is 4.43 Å². The molecule has 0 aliphatic rings. The van der Waals surface area contributed by atoms with Crippen LogP contribution in [0, 0.1) is 0 Å². The quantitative estimate of drug-likeness (QED) is 0.388. The lowest BCUT2D eigenvalue weighted by molar-refractivity contribution is 0.252. The van der Waals surface area contributed by atoms with Crippen molar-refractivity contribution in [1.82, 2.24) is 4.98 Å². The molecule has 0 amide bonds. The number of ether oxygens (including phenoxy) is 1. The molecule has 0 aliphatic heterocycles. The van der Waals surface area contributed by atoms with E-state index in [0.717, 1.165) is 36.4 Å². The van der Waals surface area contributed by atoms with E-state index in [1.165, 1.54) is 0 Å². The number of pyridine rings is 1. The summed E-state index contributed by atoms with van der Waals surface area (Å²) in [6.45, 7) is 12.9. The van der Waals surface area contributed by atoms with Gasteiger partial charge < -0.3 is 9.16 Å². The predicted molar refractivity (Wildman–Crippen MR) is 89.8 cm³/mol. The highest BCUT2D eigenvalue weighted by Gasteiger charge is 2.36. The fourth-order valence-corrected chi connectivity index (χ4v) is 2.84. The van der Waals surface area contributed by atoms with Crippen LogP contribution in [-0.4, -0.2) is 26.5 Å². The second-order valence-electron chi connectivity index (χ2n) is 6.48. The molecule has 0 aromatic carbocycles. The molecular formula is C15H26BrNO2Si. The van der Waals surface area contributed by atoms with Gasteiger partial charge in [0.2, 0.25) is 0 Å². The number of nitrogens with zero attached hydrogens (tertiary/aromatic N) is 1. The SMILES string of the molecule is CC(C)(C)[Si](C)(C)OCCCCOc1ccnc(Br)c1. The molecule has 0 atom stereocenters. The molecule has 0 spiro atoms. The summed E-state index contributed by atoms with van der Waals surface area (Å²) in [6, 6.07) is 3.75. The second-order valence-corrected chi connectivity index (χ2v) is 12.1. The van der Waals surface area contributed by atoms with Gasteiger partial charge >= 0.3 is 0 Å². The molecular weight excluding hydrogens is 334 g/mol. The Morgan fingerprint density at radius 1 is 1.20 bits per heavy atom. The number of hydrogen-bond donors (Lipinski definition) is 0. The molecule has 0 fully saturated rings. The molecule has 0 bridgehead atoms. The van der Waals surface area contributed by atoms with E-state index in [1.807, 2.05) is 12.1 Å². The molecule has 1 rings (SSSR count). The lowest BCUT2D eigenvalue weighted by atomic mass is 10.2. The lowest BCUT2D eigenvalue weighted by Crippen LogP contribution is -2.41. The fraction of sp³-hybridized carbons (Fsp3) is 0.667. The standard InChI is InChI=1S/C15H26BrNO2Si/c1-15(2,3)20(4,5)19-11-7-6-10-18-13-8-9-17-14(16)12-13/h8-9,12H,6-7,10-11H2,1-5H3. The zero-order valence-electron chi connectivity index (χ0n) is 13.2. The third-order valence-corrected chi connectivity index (χ3v) is 8.75. The zero-order chi connectivity index (χ0) is 15.2. The van der Waals surface area contributed by atoms with E-state index in [1.54, 1.807) is 6.20 Å². The van der Waals surface area contributed by atoms with E-state index in [9.17, 15) is 0 Å². The van der Waals surface area contributed by atoms with Gasteiger partial charge in [-0.05, 0) is 53.0 Å². The minimum Gasteiger partial charge on any atom is -0.493 e. The normalized spacial score (nSPS) is 12.5. The Labute approximate surface area is 132 Å². The van der Waals surface area contributed by atoms with E-state index in [4.69, 9.17) is 9.16 Å². The van der Waals surface area contributed by atoms with Crippen molar-refractivity contribution in [3.63, 3.8) is 0 Å². The number of aromatic nitrogens is 1. The van der Waals surface area contributed by atoms with E-state index >= 15 is 0 Å². The molecule has 0 radical (unpaired) electrons. The first-order chi connectivity index (χ1) is 9.22. The van der Waals surface area contributed by atoms with E-state index in [-0.39, 0.29) is 5.04 Å². The Kier molecular flexibility index (Phi) is 6.68. The molecule has 1 aromatic rings. The van der Waals surface area contributed by atoms with Gasteiger partial charge in [0.1, 0.15) is 10.4 Å². The van der Waals surface area contributed by atoms with Crippen LogP contribution in [0.15, 0.2) is 22.9 Å². The number of halogens is 1. The lowest BCUT2D eigenvalue weighted by Gasteiger charge is -2.36. The van der Waals surface area contributed by atoms with Gasteiger partial charge in [0.15, 0.2) is 8.32 Å². The van der Waals surface area contributed by atoms with Gasteiger partial charge in [0.25, 0.3) is 0 Å². The molecule has 3 nitrogen and oxygen atoms in total. The van der Waals surface area contributed by atoms with Crippen molar-refractivity contribution in [3.05, 3.63) is 22.9 Å². The number of unbranched alkanes of at least 4 members (excludes halogenated alkanes) is 1. The van der Waals surface area contributed by atoms with Crippen LogP contribution in [0.2, 0.25) is 18.1 Å². The smallest absolute Gasteiger partial charge is 0.191 e. The molecule has 0 unspecified atom stereocenters. The van der Waals surface area contributed by atoms with Crippen molar-refractivity contribution >= 4 is 24.2 Å². The van der Waals surface area contributed by atoms with Crippen molar-refractivity contribution < 1.29 is 9.16 Å². The third kappa shape index (κ3) is 5.93. The Balaban J connectivity index is 2.17. The van der Waals surface area contributed by atoms with Crippen molar-refractivity contribution in [3.8, 4) is 5.75 Å². The predicted octanol–water partition coefficient (Wildman–Crippen LogP) is 5.02. The van der Waals surface area contributed by atoms with Crippen molar-refractivity contribution in [1.29, 1.82) is 0 Å². The fourth-order valence-electron chi connectivity index (χ4n) is 1.41. The average Bonchev–Trinajstić information content (AvgIpc) is 2.32. The maximum atomic E-state index is 6.13. The minimum atomic E-state index is -1.59. The summed E-state index contributed by atoms with van der Waals surface area (Å²) in [5.74, 6) is 0.859. The zero-order valence-corrected chi connectivity index (χ0v) is 15.8. The molecule has 0 saturated carbocycles. The summed E-state index contributed by atoms with van der Waals surface area (Å²) >= 11 is 3.33. The average molecular weight is 360 g/mol. The van der Waals surface area contributed by atoms with Gasteiger partial charge in [-0.1, -0.05) is 20.8 Å². The third-order valence-electron chi connectivity index (χ3n) is 3.77. The summed E-state index contributed by atoms with van der Waals surface area (Å²) < 4.78 is 12.6. The van der Waals surface area contributed by atoms with Gasteiger partial charge in [-0.3, -0.25) is 0 Å². The molecule has 0 saturated heterocycles. The highest BCUT2D eigenvalue weighted by Crippen LogP contribution is 2.36. The van der Waals surface area contributed by atoms with Crippen LogP contribution in [0.25, 0.3) is 0 Å². The largest absolute Gasteiger partial charge is 0.493 e. The molecule has 114 valence electrons. The highest BCUT2D eigenvalue weighted by atomic mass is 79.9. The topological polar surface area (TPSA) is 31.4 Å². The Bertz CT molecular complexity index is 419. The van der Waals surface area contributed by atoms with Crippen LogP contribution >= 0.6 is 15.9 Å². The number of hydrogen-bond acceptors (Lipinski definition) is 3. The molecule has 0 aliphatic carbocycles. The number of rotatable bonds is 7. The van der Waals surface area contributed by atoms with Crippen LogP contribution in [0.1, 0.15) is 33.6 Å². The van der Waals surface area contributed by atoms with Crippen molar-refractivity contribution in [2.24, 2.45) is 0 Å². The summed E-state index contributed by atoms with van der Waals surface area (Å²) in [4.78, 5) is 4.07. The molecule has 1 aromatic heterocycles. The van der Waals surface area contributed by atoms with Crippen molar-refractivity contribution in [2.45, 2.75) is 51.7 Å².